The van der Waals surface area contributed by atoms with E-state index in [-0.39, 0.29) is 15.4 Å². The zero-order chi connectivity index (χ0) is 11.9. The molecule has 0 heterocycles. The van der Waals surface area contributed by atoms with Crippen molar-refractivity contribution >= 4 is 59.6 Å². The molecule has 0 aromatic rings. The van der Waals surface area contributed by atoms with Crippen molar-refractivity contribution in [2.24, 2.45) is 0 Å². The maximum atomic E-state index is 5.00. The Balaban J connectivity index is -0.0000000332. The smallest absolute Gasteiger partial charge is 0.0109 e. The van der Waals surface area contributed by atoms with E-state index in [1.165, 1.54) is 0 Å². The summed E-state index contributed by atoms with van der Waals surface area (Å²) < 4.78 is 30.0. The van der Waals surface area contributed by atoms with Crippen LogP contribution in [-0.4, -0.2) is 0 Å². The lowest BCUT2D eigenvalue weighted by Gasteiger charge is -2.05. The molecule has 0 fully saturated rings. The molecule has 0 spiro atoms. The van der Waals surface area contributed by atoms with Crippen molar-refractivity contribution in [3.8, 4) is 0 Å². The molecule has 0 aromatic heterocycles. The van der Waals surface area contributed by atoms with Gasteiger partial charge in [-0.25, -0.2) is 0 Å². The lowest BCUT2D eigenvalue weighted by Crippen LogP contribution is -1.18. The van der Waals surface area contributed by atoms with Crippen molar-refractivity contribution in [3.63, 3.8) is 0 Å². The molecule has 7 heavy (non-hydrogen) atoms. The van der Waals surface area contributed by atoms with E-state index in [1.54, 1.807) is 0 Å². The first-order valence-corrected chi connectivity index (χ1v) is 12.2. The molecule has 0 aliphatic carbocycles. The van der Waals surface area contributed by atoms with Gasteiger partial charge in [0.15, 0.2) is 0 Å². The molecule has 4 atom stereocenters. The van der Waals surface area contributed by atoms with E-state index in [0.29, 0.717) is 0 Å². The molecular formula is H14P6S. The summed E-state index contributed by atoms with van der Waals surface area (Å²) in [6.45, 7) is 0.140. The maximum Gasteiger partial charge on any atom is 0.0109 e. The summed E-state index contributed by atoms with van der Waals surface area (Å²) >= 11 is 4.82. The van der Waals surface area contributed by atoms with Crippen molar-refractivity contribution in [1.82, 2.24) is 0 Å². The van der Waals surface area contributed by atoms with E-state index in [0.717, 1.165) is 7.04 Å². The zero-order valence-electron chi connectivity index (χ0n) is 9.48. The Morgan fingerprint density at radius 2 is 2.00 bits per heavy atom. The second-order valence-corrected chi connectivity index (χ2v) is 21.1. The van der Waals surface area contributed by atoms with Crippen LogP contribution in [0, 0.1) is 0 Å². The lowest BCUT2D eigenvalue weighted by atomic mass is 29.0. The fourth-order valence-electron chi connectivity index (χ4n) is 0.0422. The molecule has 0 aliphatic rings. The van der Waals surface area contributed by atoms with Crippen molar-refractivity contribution < 1.29 is 10.3 Å². The van der Waals surface area contributed by atoms with E-state index in [2.05, 4.69) is 26.8 Å². The Morgan fingerprint density at radius 1 is 1.57 bits per heavy atom. The van der Waals surface area contributed by atoms with Gasteiger partial charge in [0.25, 0.3) is 0 Å². The first-order chi connectivity index (χ1) is 6.18. The first-order valence-electron chi connectivity index (χ1n) is 4.36. The fraction of sp³-hybridized carbons (Fsp3) is 0. The summed E-state index contributed by atoms with van der Waals surface area (Å²) in [7, 11) is 9.47. The summed E-state index contributed by atoms with van der Waals surface area (Å²) in [4.78, 5) is 0. The minimum atomic E-state index is 0. The molecule has 0 saturated heterocycles. The number of hydrogen-bond donors (Lipinski definition) is 0. The van der Waals surface area contributed by atoms with Crippen LogP contribution in [0.1, 0.15) is 10.3 Å². The second kappa shape index (κ2) is 5.45. The Kier molecular flexibility index (Phi) is 4.16. The van der Waals surface area contributed by atoms with Crippen LogP contribution < -0.4 is 0 Å². The highest BCUT2D eigenvalue weighted by molar-refractivity contribution is 8.95. The predicted molar refractivity (Wildman–Crippen MR) is 65.7 cm³/mol. The normalized spacial score (nSPS) is 18.9. The number of rotatable bonds is 2. The molecule has 0 rings (SSSR count). The monoisotopic (exact) mass is 246 g/mol. The van der Waals surface area contributed by atoms with Crippen LogP contribution in [0.2, 0.25) is 0 Å². The fourth-order valence-corrected chi connectivity index (χ4v) is 10.2. The van der Waals surface area contributed by atoms with Gasteiger partial charge in [0, 0.05) is 24.4 Å². The van der Waals surface area contributed by atoms with Crippen LogP contribution in [0.4, 0.5) is 0 Å². The van der Waals surface area contributed by atoms with Gasteiger partial charge < -0.3 is 0 Å². The van der Waals surface area contributed by atoms with Crippen LogP contribution in [0.25, 0.3) is 0 Å². The second-order valence-electron chi connectivity index (χ2n) is 0.782. The maximum absolute atomic E-state index is 5.00. The number of hydrogen-bond acceptors (Lipinski definition) is 1. The standard InChI is InChI=1S/H6P6S.4H2/c1-5(2)6(3)4-7;;;;/h1-3H2;4*1H/i;3*1+2T;1+2. The van der Waals surface area contributed by atoms with Crippen molar-refractivity contribution in [2.75, 3.05) is 0 Å². The third kappa shape index (κ3) is 5.13. The molecule has 4 unspecified atom stereocenters. The zero-order valence-corrected chi connectivity index (χ0v) is 10.4. The lowest BCUT2D eigenvalue weighted by molar-refractivity contribution is 4.90. The summed E-state index contributed by atoms with van der Waals surface area (Å²) in [5.41, 5.74) is 0. The molecule has 0 N–H and O–H groups in total. The minimum Gasteiger partial charge on any atom is -0.102 e. The van der Waals surface area contributed by atoms with Gasteiger partial charge in [0.05, 0.1) is 0 Å². The van der Waals surface area contributed by atoms with Crippen LogP contribution in [0.3, 0.4) is 0 Å². The van der Waals surface area contributed by atoms with Gasteiger partial charge in [-0.3, -0.25) is 0 Å². The topological polar surface area (TPSA) is 0 Å². The van der Waals surface area contributed by atoms with Gasteiger partial charge >= 0.3 is 0 Å². The van der Waals surface area contributed by atoms with Crippen molar-refractivity contribution in [2.45, 2.75) is 0 Å². The summed E-state index contributed by atoms with van der Waals surface area (Å²) in [6, 6.07) is 0. The van der Waals surface area contributed by atoms with Gasteiger partial charge in [-0.05, 0) is 6.99 Å². The third-order valence-electron chi connectivity index (χ3n) is 0.320. The SMILES string of the molecule is PP(P)P(P)P=S.[3HH].[3H][3H].[3H][3H].[3H][3H]. The Bertz CT molecular complexity index is 71.2. The van der Waals surface area contributed by atoms with Crippen LogP contribution in [0.15, 0.2) is 0 Å². The molecule has 0 nitrogen and oxygen atoms in total. The summed E-state index contributed by atoms with van der Waals surface area (Å²) in [6.07, 6.45) is 0. The average molecular weight is 246 g/mol. The largest absolute Gasteiger partial charge is 0.102 e. The van der Waals surface area contributed by atoms with Gasteiger partial charge in [-0.1, -0.05) is 20.7 Å². The van der Waals surface area contributed by atoms with E-state index in [1.807, 2.05) is 0 Å². The molecule has 7 heteroatoms. The van der Waals surface area contributed by atoms with Gasteiger partial charge in [-0.15, -0.1) is 17.9 Å². The summed E-state index contributed by atoms with van der Waals surface area (Å²) in [5.74, 6) is 0. The highest BCUT2D eigenvalue weighted by Crippen LogP contribution is 2.88. The Labute approximate surface area is 70.5 Å². The van der Waals surface area contributed by atoms with E-state index < -0.39 is 0 Å². The molecule has 0 radical (unpaired) electrons. The van der Waals surface area contributed by atoms with Gasteiger partial charge in [0.2, 0.25) is 0 Å². The molecule has 0 aliphatic heterocycles. The Hall–Kier alpha value is 2.67. The van der Waals surface area contributed by atoms with Crippen LogP contribution in [0.5, 0.6) is 0 Å². The van der Waals surface area contributed by atoms with Gasteiger partial charge in [0.1, 0.15) is 0 Å². The predicted octanol–water partition coefficient (Wildman–Crippen LogP) is 4.54. The molecular weight excluding hydrogens is 218 g/mol. The third-order valence-corrected chi connectivity index (χ3v) is 25.9. The van der Waals surface area contributed by atoms with Crippen molar-refractivity contribution in [1.29, 1.82) is 0 Å². The van der Waals surface area contributed by atoms with Crippen molar-refractivity contribution in [3.05, 3.63) is 0 Å². The van der Waals surface area contributed by atoms with Gasteiger partial charge in [-0.2, -0.15) is 0 Å². The molecule has 0 aromatic carbocycles. The van der Waals surface area contributed by atoms with E-state index >= 15 is 0 Å². The highest BCUT2D eigenvalue weighted by Gasteiger charge is 2.00. The quantitative estimate of drug-likeness (QED) is 0.644. The van der Waals surface area contributed by atoms with Crippen LogP contribution >= 0.6 is 47.8 Å². The van der Waals surface area contributed by atoms with E-state index in [9.17, 15) is 0 Å². The molecule has 0 bridgehead atoms. The Morgan fingerprint density at radius 3 is 2.00 bits per heavy atom. The molecule has 50 valence electrons. The molecule has 0 amide bonds. The van der Waals surface area contributed by atoms with Crippen LogP contribution in [-0.2, 0) is 11.8 Å². The summed E-state index contributed by atoms with van der Waals surface area (Å²) in [5, 5.41) is 0. The average Bonchev–Trinajstić information content (AvgIpc) is 2.25. The first kappa shape index (κ1) is 5.34. The van der Waals surface area contributed by atoms with E-state index in [4.69, 9.17) is 20.7 Å². The molecule has 0 saturated carbocycles. The highest BCUT2D eigenvalue weighted by atomic mass is 33.0. The minimum absolute atomic E-state index is 0.